The fourth-order valence-corrected chi connectivity index (χ4v) is 4.09. The number of anilines is 1. The van der Waals surface area contributed by atoms with Crippen LogP contribution in [0.1, 0.15) is 42.9 Å². The molecule has 0 aliphatic heterocycles. The van der Waals surface area contributed by atoms with Crippen LogP contribution in [0.2, 0.25) is 0 Å². The monoisotopic (exact) mass is 528 g/mol. The number of hydrogen-bond donors (Lipinski definition) is 4. The van der Waals surface area contributed by atoms with E-state index in [1.165, 1.54) is 12.1 Å². The Hall–Kier alpha value is -3.83. The van der Waals surface area contributed by atoms with Gasteiger partial charge in [0.1, 0.15) is 5.75 Å². The number of alkyl halides is 3. The zero-order valence-electron chi connectivity index (χ0n) is 21.2. The molecule has 1 unspecified atom stereocenters. The van der Waals surface area contributed by atoms with Crippen LogP contribution in [0.4, 0.5) is 18.9 Å². The van der Waals surface area contributed by atoms with Crippen LogP contribution in [0.3, 0.4) is 0 Å². The van der Waals surface area contributed by atoms with Crippen LogP contribution in [0, 0.1) is 0 Å². The first-order valence-electron chi connectivity index (χ1n) is 12.2. The topological polar surface area (TPSA) is 119 Å². The summed E-state index contributed by atoms with van der Waals surface area (Å²) < 4.78 is 45.7. The molecule has 38 heavy (non-hydrogen) atoms. The van der Waals surface area contributed by atoms with Crippen molar-refractivity contribution in [2.45, 2.75) is 51.0 Å². The summed E-state index contributed by atoms with van der Waals surface area (Å²) in [6, 6.07) is 5.28. The van der Waals surface area contributed by atoms with Gasteiger partial charge in [-0.3, -0.25) is 9.78 Å². The first-order valence-corrected chi connectivity index (χ1v) is 12.2. The molecule has 4 rings (SSSR count). The van der Waals surface area contributed by atoms with Crippen molar-refractivity contribution in [1.82, 2.24) is 15.3 Å². The van der Waals surface area contributed by atoms with Crippen molar-refractivity contribution < 1.29 is 22.7 Å². The van der Waals surface area contributed by atoms with Crippen LogP contribution < -0.4 is 26.9 Å². The summed E-state index contributed by atoms with van der Waals surface area (Å²) >= 11 is 0. The molecule has 1 fully saturated rings. The number of allylic oxidation sites excluding steroid dienone is 2. The van der Waals surface area contributed by atoms with Crippen molar-refractivity contribution in [3.63, 3.8) is 0 Å². The average molecular weight is 529 g/mol. The molecule has 0 saturated heterocycles. The van der Waals surface area contributed by atoms with E-state index in [1.807, 2.05) is 6.92 Å². The van der Waals surface area contributed by atoms with Gasteiger partial charge in [-0.2, -0.15) is 13.2 Å². The van der Waals surface area contributed by atoms with E-state index in [0.29, 0.717) is 40.7 Å². The fourth-order valence-electron chi connectivity index (χ4n) is 4.09. The SMILES string of the molecule is COc1cncc(/C(N)=C/N(N)C2CC(C(=O)Nc3cc(CNC4CC4)cc(C(F)(F)F)c3)=CC=C2C)c1. The second kappa shape index (κ2) is 11.3. The van der Waals surface area contributed by atoms with Gasteiger partial charge in [-0.05, 0) is 55.2 Å². The summed E-state index contributed by atoms with van der Waals surface area (Å²) in [4.78, 5) is 17.2. The molecule has 0 bridgehead atoms. The molecule has 1 atom stereocenters. The van der Waals surface area contributed by atoms with Gasteiger partial charge in [-0.25, -0.2) is 5.84 Å². The lowest BCUT2D eigenvalue weighted by Gasteiger charge is -2.30. The Bertz CT molecular complexity index is 1280. The summed E-state index contributed by atoms with van der Waals surface area (Å²) in [5.41, 5.74) is 8.17. The molecule has 2 aromatic rings. The maximum atomic E-state index is 13.5. The first kappa shape index (κ1) is 27.2. The quantitative estimate of drug-likeness (QED) is 0.286. The Morgan fingerprint density at radius 2 is 1.97 bits per heavy atom. The highest BCUT2D eigenvalue weighted by atomic mass is 19.4. The molecule has 2 aliphatic rings. The number of hydrazine groups is 1. The van der Waals surface area contributed by atoms with Crippen molar-refractivity contribution >= 4 is 17.3 Å². The van der Waals surface area contributed by atoms with Gasteiger partial charge < -0.3 is 26.1 Å². The highest BCUT2D eigenvalue weighted by Gasteiger charge is 2.32. The third-order valence-electron chi connectivity index (χ3n) is 6.46. The summed E-state index contributed by atoms with van der Waals surface area (Å²) in [7, 11) is 1.52. The van der Waals surface area contributed by atoms with Crippen molar-refractivity contribution in [2.75, 3.05) is 12.4 Å². The standard InChI is InChI=1S/C27H31F3N6O2/c1-16-3-4-18(10-25(16)36(32)15-24(31)19-9-23(38-2)14-33-13-19)26(37)35-22-8-17(12-34-21-5-6-21)7-20(11-22)27(28,29)30/h3-4,7-9,11,13-15,21,25,34H,5-6,10,12,31-32H2,1-2H3,(H,35,37)/b24-15-. The number of methoxy groups -OCH3 is 1. The molecule has 11 heteroatoms. The van der Waals surface area contributed by atoms with Crippen LogP contribution in [0.5, 0.6) is 5.75 Å². The molecule has 0 spiro atoms. The predicted molar refractivity (Wildman–Crippen MR) is 139 cm³/mol. The minimum Gasteiger partial charge on any atom is -0.495 e. The maximum Gasteiger partial charge on any atom is 0.416 e. The number of nitrogens with two attached hydrogens (primary N) is 2. The number of ether oxygens (including phenoxy) is 1. The van der Waals surface area contributed by atoms with E-state index >= 15 is 0 Å². The molecule has 1 aromatic heterocycles. The number of nitrogens with zero attached hydrogens (tertiary/aromatic N) is 2. The number of pyridine rings is 1. The van der Waals surface area contributed by atoms with Gasteiger partial charge in [0.05, 0.1) is 30.6 Å². The van der Waals surface area contributed by atoms with E-state index in [9.17, 15) is 18.0 Å². The normalized spacial score (nSPS) is 17.9. The van der Waals surface area contributed by atoms with Crippen molar-refractivity contribution in [2.24, 2.45) is 11.6 Å². The molecule has 1 amide bonds. The zero-order valence-corrected chi connectivity index (χ0v) is 21.2. The number of rotatable bonds is 9. The molecule has 1 saturated carbocycles. The van der Waals surface area contributed by atoms with Crippen LogP contribution in [-0.2, 0) is 17.5 Å². The summed E-state index contributed by atoms with van der Waals surface area (Å²) in [6.45, 7) is 2.17. The second-order valence-electron chi connectivity index (χ2n) is 9.49. The molecular weight excluding hydrogens is 497 g/mol. The third-order valence-corrected chi connectivity index (χ3v) is 6.46. The van der Waals surface area contributed by atoms with Gasteiger partial charge in [0.25, 0.3) is 5.91 Å². The lowest BCUT2D eigenvalue weighted by Crippen LogP contribution is -2.40. The summed E-state index contributed by atoms with van der Waals surface area (Å²) in [6.07, 6.45) is 5.82. The lowest BCUT2D eigenvalue weighted by atomic mass is 9.93. The van der Waals surface area contributed by atoms with Crippen molar-refractivity contribution in [1.29, 1.82) is 0 Å². The van der Waals surface area contributed by atoms with E-state index in [0.717, 1.165) is 30.5 Å². The van der Waals surface area contributed by atoms with Crippen LogP contribution in [0.25, 0.3) is 5.70 Å². The second-order valence-corrected chi connectivity index (χ2v) is 9.49. The number of hydrogen-bond acceptors (Lipinski definition) is 7. The fraction of sp³-hybridized carbons (Fsp3) is 0.333. The molecule has 202 valence electrons. The van der Waals surface area contributed by atoms with E-state index in [2.05, 4.69) is 15.6 Å². The largest absolute Gasteiger partial charge is 0.495 e. The first-order chi connectivity index (χ1) is 18.0. The molecule has 0 radical (unpaired) electrons. The van der Waals surface area contributed by atoms with Crippen LogP contribution in [0.15, 0.2) is 66.2 Å². The van der Waals surface area contributed by atoms with Crippen LogP contribution >= 0.6 is 0 Å². The van der Waals surface area contributed by atoms with Gasteiger partial charge >= 0.3 is 6.18 Å². The summed E-state index contributed by atoms with van der Waals surface area (Å²) in [5.74, 6) is 6.35. The number of carbonyl (C=O) groups is 1. The van der Waals surface area contributed by atoms with Crippen molar-refractivity contribution in [3.8, 4) is 5.75 Å². The Balaban J connectivity index is 1.48. The molecule has 1 aromatic carbocycles. The number of nitrogens with one attached hydrogen (secondary N) is 2. The predicted octanol–water partition coefficient (Wildman–Crippen LogP) is 4.08. The van der Waals surface area contributed by atoms with Crippen LogP contribution in [-0.4, -0.2) is 35.1 Å². The van der Waals surface area contributed by atoms with Gasteiger partial charge in [0.15, 0.2) is 0 Å². The van der Waals surface area contributed by atoms with Gasteiger partial charge in [-0.1, -0.05) is 12.2 Å². The van der Waals surface area contributed by atoms with E-state index in [1.54, 1.807) is 42.9 Å². The van der Waals surface area contributed by atoms with Gasteiger partial charge in [0.2, 0.25) is 0 Å². The lowest BCUT2D eigenvalue weighted by molar-refractivity contribution is -0.137. The Labute approximate surface area is 219 Å². The summed E-state index contributed by atoms with van der Waals surface area (Å²) in [5, 5.41) is 7.25. The highest BCUT2D eigenvalue weighted by molar-refractivity contribution is 6.04. The molecule has 1 heterocycles. The Morgan fingerprint density at radius 3 is 2.66 bits per heavy atom. The molecule has 2 aliphatic carbocycles. The highest BCUT2D eigenvalue weighted by Crippen LogP contribution is 2.33. The Morgan fingerprint density at radius 1 is 1.21 bits per heavy atom. The number of halogens is 3. The smallest absolute Gasteiger partial charge is 0.416 e. The minimum atomic E-state index is -4.53. The van der Waals surface area contributed by atoms with E-state index in [-0.39, 0.29) is 12.1 Å². The Kier molecular flexibility index (Phi) is 8.08. The minimum absolute atomic E-state index is 0.0837. The van der Waals surface area contributed by atoms with E-state index in [4.69, 9.17) is 16.3 Å². The van der Waals surface area contributed by atoms with E-state index < -0.39 is 23.7 Å². The molecule has 6 N–H and O–H groups in total. The number of benzene rings is 1. The number of aromatic nitrogens is 1. The molecule has 8 nitrogen and oxygen atoms in total. The van der Waals surface area contributed by atoms with Crippen molar-refractivity contribution in [3.05, 3.63) is 82.8 Å². The zero-order chi connectivity index (χ0) is 27.4. The number of carbonyl (C=O) groups excluding carboxylic acids is 1. The average Bonchev–Trinajstić information content (AvgIpc) is 3.71. The number of amides is 1. The molecular formula is C27H31F3N6O2. The maximum absolute atomic E-state index is 13.5. The third kappa shape index (κ3) is 6.93. The van der Waals surface area contributed by atoms with Gasteiger partial charge in [0, 0.05) is 48.2 Å². The van der Waals surface area contributed by atoms with Gasteiger partial charge in [-0.15, -0.1) is 0 Å².